The summed E-state index contributed by atoms with van der Waals surface area (Å²) in [5.74, 6) is 1.59. The lowest BCUT2D eigenvalue weighted by molar-refractivity contribution is -0.199. The van der Waals surface area contributed by atoms with Gasteiger partial charge in [0.1, 0.15) is 0 Å². The van der Waals surface area contributed by atoms with Crippen LogP contribution in [-0.4, -0.2) is 19.4 Å². The van der Waals surface area contributed by atoms with Crippen molar-refractivity contribution in [1.29, 1.82) is 0 Å². The Balaban J connectivity index is 1.97. The minimum Gasteiger partial charge on any atom is -0.408 e. The Morgan fingerprint density at radius 1 is 1.23 bits per heavy atom. The molecular weight excluding hydrogens is 163 g/mol. The highest BCUT2D eigenvalue weighted by Crippen LogP contribution is 2.65. The molecule has 2 bridgehead atoms. The smallest absolute Gasteiger partial charge is 0.408 e. The first-order valence-corrected chi connectivity index (χ1v) is 5.30. The van der Waals surface area contributed by atoms with Crippen molar-refractivity contribution in [3.63, 3.8) is 0 Å². The lowest BCUT2D eigenvalue weighted by atomic mass is 9.43. The van der Waals surface area contributed by atoms with Gasteiger partial charge in [0.2, 0.25) is 0 Å². The van der Waals surface area contributed by atoms with Crippen LogP contribution in [0.2, 0.25) is 0 Å². The minimum atomic E-state index is 0.0260. The Morgan fingerprint density at radius 2 is 2.00 bits per heavy atom. The van der Waals surface area contributed by atoms with E-state index in [-0.39, 0.29) is 5.60 Å². The summed E-state index contributed by atoms with van der Waals surface area (Å²) in [5.41, 5.74) is 0.511. The first-order chi connectivity index (χ1) is 6.05. The van der Waals surface area contributed by atoms with E-state index >= 15 is 0 Å². The van der Waals surface area contributed by atoms with Crippen LogP contribution in [0.3, 0.4) is 0 Å². The van der Waals surface area contributed by atoms with Crippen LogP contribution in [0.5, 0.6) is 0 Å². The van der Waals surface area contributed by atoms with Gasteiger partial charge in [-0.1, -0.05) is 13.8 Å². The summed E-state index contributed by atoms with van der Waals surface area (Å²) in [6.07, 6.45) is 2.94. The molecule has 1 heterocycles. The average molecular weight is 180 g/mol. The molecule has 0 aromatic heterocycles. The highest BCUT2D eigenvalue weighted by atomic mass is 16.6. The monoisotopic (exact) mass is 180 g/mol. The summed E-state index contributed by atoms with van der Waals surface area (Å²) in [6.45, 7) is 7.01. The van der Waals surface area contributed by atoms with Crippen molar-refractivity contribution >= 4 is 7.69 Å². The fraction of sp³-hybridized carbons (Fsp3) is 1.00. The van der Waals surface area contributed by atoms with E-state index in [0.29, 0.717) is 25.1 Å². The summed E-state index contributed by atoms with van der Waals surface area (Å²) >= 11 is 0. The van der Waals surface area contributed by atoms with Crippen molar-refractivity contribution in [1.82, 2.24) is 0 Å². The van der Waals surface area contributed by atoms with E-state index < -0.39 is 0 Å². The van der Waals surface area contributed by atoms with Crippen LogP contribution in [0.25, 0.3) is 0 Å². The lowest BCUT2D eigenvalue weighted by Crippen LogP contribution is -2.65. The molecule has 4 rings (SSSR count). The Kier molecular flexibility index (Phi) is 1.37. The number of hydrogen-bond acceptors (Lipinski definition) is 2. The molecule has 0 unspecified atom stereocenters. The van der Waals surface area contributed by atoms with Crippen molar-refractivity contribution in [3.8, 4) is 0 Å². The van der Waals surface area contributed by atoms with Crippen molar-refractivity contribution in [3.05, 3.63) is 0 Å². The molecule has 3 aliphatic carbocycles. The van der Waals surface area contributed by atoms with Gasteiger partial charge in [-0.2, -0.15) is 0 Å². The van der Waals surface area contributed by atoms with Gasteiger partial charge in [0, 0.05) is 0 Å². The zero-order valence-corrected chi connectivity index (χ0v) is 8.67. The number of hydrogen-bond donors (Lipinski definition) is 0. The molecular formula is C10H17BO2. The quantitative estimate of drug-likeness (QED) is 0.526. The Morgan fingerprint density at radius 3 is 2.69 bits per heavy atom. The van der Waals surface area contributed by atoms with Gasteiger partial charge < -0.3 is 9.31 Å². The van der Waals surface area contributed by atoms with Gasteiger partial charge in [0.05, 0.1) is 11.7 Å². The molecule has 0 aromatic carbocycles. The minimum absolute atomic E-state index is 0.0260. The highest BCUT2D eigenvalue weighted by Gasteiger charge is 2.65. The van der Waals surface area contributed by atoms with E-state index in [2.05, 4.69) is 20.8 Å². The van der Waals surface area contributed by atoms with Crippen LogP contribution in [0.4, 0.5) is 0 Å². The second-order valence-corrected chi connectivity index (χ2v) is 5.64. The molecule has 4 aliphatic rings. The summed E-state index contributed by atoms with van der Waals surface area (Å²) in [4.78, 5) is 0. The molecule has 4 fully saturated rings. The summed E-state index contributed by atoms with van der Waals surface area (Å²) < 4.78 is 11.4. The Bertz CT molecular complexity index is 253. The van der Waals surface area contributed by atoms with Crippen molar-refractivity contribution in [2.45, 2.75) is 45.3 Å². The maximum Gasteiger partial charge on any atom is 0.438 e. The van der Waals surface area contributed by atoms with Crippen LogP contribution in [0.15, 0.2) is 0 Å². The second-order valence-electron chi connectivity index (χ2n) is 5.64. The Hall–Kier alpha value is -0.0151. The number of rotatable bonds is 0. The van der Waals surface area contributed by atoms with Gasteiger partial charge >= 0.3 is 7.69 Å². The summed E-state index contributed by atoms with van der Waals surface area (Å²) in [7, 11) is 0.514. The van der Waals surface area contributed by atoms with E-state index in [1.54, 1.807) is 0 Å². The van der Waals surface area contributed by atoms with Gasteiger partial charge in [-0.25, -0.2) is 0 Å². The third-order valence-electron chi connectivity index (χ3n) is 4.94. The van der Waals surface area contributed by atoms with E-state index in [0.717, 1.165) is 5.92 Å². The van der Waals surface area contributed by atoms with Crippen LogP contribution in [0.1, 0.15) is 33.6 Å². The maximum absolute atomic E-state index is 5.81. The van der Waals surface area contributed by atoms with Gasteiger partial charge in [-0.3, -0.25) is 0 Å². The molecule has 13 heavy (non-hydrogen) atoms. The lowest BCUT2D eigenvalue weighted by Gasteiger charge is -2.64. The molecule has 1 saturated heterocycles. The summed E-state index contributed by atoms with van der Waals surface area (Å²) in [6, 6.07) is 0. The third kappa shape index (κ3) is 0.786. The molecule has 0 radical (unpaired) electrons. The molecule has 0 N–H and O–H groups in total. The van der Waals surface area contributed by atoms with Gasteiger partial charge in [-0.05, 0) is 37.0 Å². The average Bonchev–Trinajstić information content (AvgIpc) is 2.44. The van der Waals surface area contributed by atoms with Crippen LogP contribution in [0, 0.1) is 17.3 Å². The van der Waals surface area contributed by atoms with Gasteiger partial charge in [0.25, 0.3) is 0 Å². The first-order valence-electron chi connectivity index (χ1n) is 5.30. The zero-order chi connectivity index (χ0) is 9.27. The van der Waals surface area contributed by atoms with Crippen molar-refractivity contribution < 1.29 is 9.31 Å². The van der Waals surface area contributed by atoms with E-state index in [4.69, 9.17) is 9.31 Å². The largest absolute Gasteiger partial charge is 0.438 e. The third-order valence-corrected chi connectivity index (χ3v) is 4.94. The van der Waals surface area contributed by atoms with Crippen LogP contribution in [-0.2, 0) is 9.31 Å². The maximum atomic E-state index is 5.81. The fourth-order valence-corrected chi connectivity index (χ4v) is 3.78. The van der Waals surface area contributed by atoms with Crippen LogP contribution >= 0.6 is 0 Å². The highest BCUT2D eigenvalue weighted by molar-refractivity contribution is 6.19. The molecule has 0 amide bonds. The Labute approximate surface area is 80.3 Å². The van der Waals surface area contributed by atoms with E-state index in [1.165, 1.54) is 12.8 Å². The normalized spacial score (nSPS) is 56.4. The predicted molar refractivity (Wildman–Crippen MR) is 51.5 cm³/mol. The van der Waals surface area contributed by atoms with Crippen molar-refractivity contribution in [2.75, 3.05) is 0 Å². The SMILES string of the molecule is CC1(C)[C@H]2C[C@@H]3OBO[C@]3(C)[C@@H]1C2. The van der Waals surface area contributed by atoms with Gasteiger partial charge in [0.15, 0.2) is 0 Å². The molecule has 1 aliphatic heterocycles. The molecule has 2 nitrogen and oxygen atoms in total. The second kappa shape index (κ2) is 2.14. The summed E-state index contributed by atoms with van der Waals surface area (Å²) in [5, 5.41) is 0. The standard InChI is InChI=1S/C10H17BO2/c1-9(2)6-4-7(9)10(3)8(5-6)12-11-13-10/h6-8,11H,4-5H2,1-3H3/t6-,7-,8+,10-/m1/s1. The fourth-order valence-electron chi connectivity index (χ4n) is 3.78. The van der Waals surface area contributed by atoms with E-state index in [9.17, 15) is 0 Å². The topological polar surface area (TPSA) is 18.5 Å². The molecule has 0 spiro atoms. The molecule has 3 saturated carbocycles. The first kappa shape index (κ1) is 8.31. The predicted octanol–water partition coefficient (Wildman–Crippen LogP) is 1.49. The molecule has 0 aromatic rings. The zero-order valence-electron chi connectivity index (χ0n) is 8.67. The van der Waals surface area contributed by atoms with Crippen molar-refractivity contribution in [2.24, 2.45) is 17.3 Å². The van der Waals surface area contributed by atoms with E-state index in [1.807, 2.05) is 0 Å². The van der Waals surface area contributed by atoms with Gasteiger partial charge in [-0.15, -0.1) is 0 Å². The van der Waals surface area contributed by atoms with Crippen LogP contribution < -0.4 is 0 Å². The molecule has 3 heteroatoms. The molecule has 72 valence electrons. The molecule has 4 atom stereocenters.